The number of alkyl halides is 1. The fraction of sp³-hybridized carbons (Fsp3) is 0.727. The minimum absolute atomic E-state index is 0.0867. The highest BCUT2D eigenvalue weighted by atomic mass is 35.5. The van der Waals surface area contributed by atoms with Crippen LogP contribution in [0.2, 0.25) is 0 Å². The lowest BCUT2D eigenvalue weighted by atomic mass is 10.1. The van der Waals surface area contributed by atoms with Crippen LogP contribution in [-0.4, -0.2) is 41.0 Å². The van der Waals surface area contributed by atoms with E-state index in [4.69, 9.17) is 11.6 Å². The first kappa shape index (κ1) is 13.8. The van der Waals surface area contributed by atoms with Crippen molar-refractivity contribution in [1.29, 1.82) is 0 Å². The molecule has 18 heavy (non-hydrogen) atoms. The maximum atomic E-state index is 12.5. The monoisotopic (exact) mass is 291 g/mol. The average Bonchev–Trinajstić information content (AvgIpc) is 2.94. The largest absolute Gasteiger partial charge is 0.260 e. The Kier molecular flexibility index (Phi) is 4.29. The van der Waals surface area contributed by atoms with E-state index in [1.165, 1.54) is 10.9 Å². The van der Waals surface area contributed by atoms with Crippen molar-refractivity contribution >= 4 is 21.6 Å². The maximum Gasteiger partial charge on any atom is 0.260 e. The molecule has 5 nitrogen and oxygen atoms in total. The predicted octanol–water partition coefficient (Wildman–Crippen LogP) is 1.59. The zero-order valence-electron chi connectivity index (χ0n) is 10.4. The van der Waals surface area contributed by atoms with Gasteiger partial charge < -0.3 is 0 Å². The molecule has 1 aromatic rings. The molecule has 0 spiro atoms. The predicted molar refractivity (Wildman–Crippen MR) is 70.1 cm³/mol. The molecule has 0 N–H and O–H groups in total. The van der Waals surface area contributed by atoms with E-state index in [1.807, 2.05) is 0 Å². The first-order chi connectivity index (χ1) is 8.57. The van der Waals surface area contributed by atoms with Gasteiger partial charge in [0.15, 0.2) is 5.03 Å². The van der Waals surface area contributed by atoms with Crippen LogP contribution in [0.15, 0.2) is 17.3 Å². The maximum absolute atomic E-state index is 12.5. The number of aromatic nitrogens is 2. The highest BCUT2D eigenvalue weighted by Crippen LogP contribution is 2.28. The van der Waals surface area contributed by atoms with Crippen molar-refractivity contribution in [1.82, 2.24) is 14.1 Å². The lowest BCUT2D eigenvalue weighted by Gasteiger charge is -2.23. The van der Waals surface area contributed by atoms with E-state index in [0.29, 0.717) is 12.4 Å². The van der Waals surface area contributed by atoms with Gasteiger partial charge in [-0.15, -0.1) is 11.6 Å². The van der Waals surface area contributed by atoms with Crippen molar-refractivity contribution in [3.05, 3.63) is 12.3 Å². The van der Waals surface area contributed by atoms with Crippen molar-refractivity contribution in [2.45, 2.75) is 36.8 Å². The number of hydrogen-bond donors (Lipinski definition) is 0. The summed E-state index contributed by atoms with van der Waals surface area (Å²) >= 11 is 5.68. The van der Waals surface area contributed by atoms with Gasteiger partial charge in [0, 0.05) is 25.5 Å². The first-order valence-corrected chi connectivity index (χ1v) is 8.10. The summed E-state index contributed by atoms with van der Waals surface area (Å²) in [6.45, 7) is 0.598. The summed E-state index contributed by atoms with van der Waals surface area (Å²) in [6.07, 6.45) is 5.04. The molecule has 0 bridgehead atoms. The number of hydrogen-bond acceptors (Lipinski definition) is 3. The van der Waals surface area contributed by atoms with E-state index < -0.39 is 10.0 Å². The van der Waals surface area contributed by atoms with Crippen LogP contribution in [0.4, 0.5) is 0 Å². The molecule has 1 aliphatic rings. The molecule has 2 heterocycles. The zero-order valence-corrected chi connectivity index (χ0v) is 12.0. The van der Waals surface area contributed by atoms with E-state index in [9.17, 15) is 8.42 Å². The summed E-state index contributed by atoms with van der Waals surface area (Å²) in [5.74, 6) is 0.579. The Bertz CT molecular complexity index is 500. The molecule has 2 rings (SSSR count). The highest BCUT2D eigenvalue weighted by Gasteiger charge is 2.36. The summed E-state index contributed by atoms with van der Waals surface area (Å²) in [5.41, 5.74) is 0. The third-order valence-electron chi connectivity index (χ3n) is 3.34. The van der Waals surface area contributed by atoms with Crippen LogP contribution in [0.3, 0.4) is 0 Å². The van der Waals surface area contributed by atoms with Gasteiger partial charge in [0.05, 0.1) is 6.20 Å². The second kappa shape index (κ2) is 5.59. The van der Waals surface area contributed by atoms with E-state index in [2.05, 4.69) is 5.10 Å². The third-order valence-corrected chi connectivity index (χ3v) is 5.64. The van der Waals surface area contributed by atoms with Gasteiger partial charge in [-0.1, -0.05) is 0 Å². The molecule has 0 aliphatic carbocycles. The van der Waals surface area contributed by atoms with Gasteiger partial charge in [0.1, 0.15) is 0 Å². The number of rotatable bonds is 5. The van der Waals surface area contributed by atoms with Crippen LogP contribution in [0.1, 0.15) is 25.7 Å². The molecule has 0 radical (unpaired) electrons. The Balaban J connectivity index is 2.22. The van der Waals surface area contributed by atoms with Gasteiger partial charge >= 0.3 is 0 Å². The van der Waals surface area contributed by atoms with Gasteiger partial charge in [-0.2, -0.15) is 9.40 Å². The number of sulfonamides is 1. The van der Waals surface area contributed by atoms with E-state index >= 15 is 0 Å². The molecule has 1 unspecified atom stereocenters. The molecule has 0 amide bonds. The molecule has 7 heteroatoms. The van der Waals surface area contributed by atoms with Crippen LogP contribution < -0.4 is 0 Å². The molecule has 1 atom stereocenters. The van der Waals surface area contributed by atoms with Gasteiger partial charge in [-0.25, -0.2) is 8.42 Å². The molecule has 1 fully saturated rings. The molecule has 102 valence electrons. The average molecular weight is 292 g/mol. The Labute approximate surface area is 113 Å². The topological polar surface area (TPSA) is 55.2 Å². The van der Waals surface area contributed by atoms with Gasteiger partial charge in [-0.05, 0) is 31.7 Å². The summed E-state index contributed by atoms with van der Waals surface area (Å²) in [7, 11) is -1.77. The van der Waals surface area contributed by atoms with Crippen molar-refractivity contribution in [3.8, 4) is 0 Å². The molecular formula is C11H18ClN3O2S. The van der Waals surface area contributed by atoms with Crippen molar-refractivity contribution in [2.75, 3.05) is 12.4 Å². The van der Waals surface area contributed by atoms with Crippen LogP contribution >= 0.6 is 11.6 Å². The highest BCUT2D eigenvalue weighted by molar-refractivity contribution is 7.89. The van der Waals surface area contributed by atoms with Crippen LogP contribution in [0.25, 0.3) is 0 Å². The number of aryl methyl sites for hydroxylation is 1. The van der Waals surface area contributed by atoms with Crippen LogP contribution in [0.5, 0.6) is 0 Å². The van der Waals surface area contributed by atoms with Crippen molar-refractivity contribution < 1.29 is 8.42 Å². The van der Waals surface area contributed by atoms with Gasteiger partial charge in [-0.3, -0.25) is 4.68 Å². The normalized spacial score (nSPS) is 21.6. The molecule has 0 saturated carbocycles. The Morgan fingerprint density at radius 1 is 1.56 bits per heavy atom. The second-order valence-corrected chi connectivity index (χ2v) is 6.75. The fourth-order valence-corrected chi connectivity index (χ4v) is 4.44. The first-order valence-electron chi connectivity index (χ1n) is 6.13. The number of nitrogens with zero attached hydrogens (tertiary/aromatic N) is 3. The second-order valence-electron chi connectivity index (χ2n) is 4.54. The minimum Gasteiger partial charge on any atom is -0.256 e. The van der Waals surface area contributed by atoms with Crippen molar-refractivity contribution in [2.24, 2.45) is 7.05 Å². The number of halogens is 1. The zero-order chi connectivity index (χ0) is 13.2. The molecular weight excluding hydrogens is 274 g/mol. The Morgan fingerprint density at radius 2 is 2.33 bits per heavy atom. The molecule has 1 saturated heterocycles. The molecule has 0 aromatic carbocycles. The summed E-state index contributed by atoms with van der Waals surface area (Å²) in [4.78, 5) is 0. The van der Waals surface area contributed by atoms with E-state index in [0.717, 1.165) is 25.7 Å². The molecule has 1 aromatic heterocycles. The Hall–Kier alpha value is -0.590. The lowest BCUT2D eigenvalue weighted by molar-refractivity contribution is 0.365. The quantitative estimate of drug-likeness (QED) is 0.774. The lowest BCUT2D eigenvalue weighted by Crippen LogP contribution is -2.36. The Morgan fingerprint density at radius 3 is 2.94 bits per heavy atom. The standard InChI is InChI=1S/C11H18ClN3O2S/c1-14-11(6-8-13-14)18(16,17)15-9-3-5-10(15)4-2-7-12/h6,8,10H,2-5,7,9H2,1H3. The van der Waals surface area contributed by atoms with Gasteiger partial charge in [0.25, 0.3) is 10.0 Å². The van der Waals surface area contributed by atoms with E-state index in [-0.39, 0.29) is 11.1 Å². The summed E-state index contributed by atoms with van der Waals surface area (Å²) in [6, 6.07) is 1.63. The van der Waals surface area contributed by atoms with Crippen molar-refractivity contribution in [3.63, 3.8) is 0 Å². The van der Waals surface area contributed by atoms with Gasteiger partial charge in [0.2, 0.25) is 0 Å². The van der Waals surface area contributed by atoms with E-state index in [1.54, 1.807) is 17.4 Å². The summed E-state index contributed by atoms with van der Waals surface area (Å²) < 4.78 is 28.1. The van der Waals surface area contributed by atoms with Crippen LogP contribution in [0, 0.1) is 0 Å². The minimum atomic E-state index is -3.41. The SMILES string of the molecule is Cn1nccc1S(=O)(=O)N1CCCC1CCCCl. The van der Waals surface area contributed by atoms with Crippen LogP contribution in [-0.2, 0) is 17.1 Å². The summed E-state index contributed by atoms with van der Waals surface area (Å²) in [5, 5.41) is 4.20. The smallest absolute Gasteiger partial charge is 0.256 e. The third kappa shape index (κ3) is 2.55. The molecule has 1 aliphatic heterocycles. The fourth-order valence-electron chi connectivity index (χ4n) is 2.46.